The van der Waals surface area contributed by atoms with Gasteiger partial charge in [0.15, 0.2) is 5.13 Å². The van der Waals surface area contributed by atoms with Crippen LogP contribution in [-0.2, 0) is 6.54 Å². The number of thiazole rings is 1. The summed E-state index contributed by atoms with van der Waals surface area (Å²) < 4.78 is 7.52. The minimum Gasteiger partial charge on any atom is -0.496 e. The standard InChI is InChI=1S/C22H25ClN4O2S/c1-15-12-19(16(2)27(15)22-24-6-11-30-22)21(28)26-9-7-25(8-10-26)14-17-13-18(23)4-5-20(17)29-3/h4-6,11-13H,7-10,14H2,1-3H3. The maximum absolute atomic E-state index is 13.2. The molecule has 0 aliphatic carbocycles. The van der Waals surface area contributed by atoms with Crippen LogP contribution < -0.4 is 4.74 Å². The summed E-state index contributed by atoms with van der Waals surface area (Å²) in [6.45, 7) is 7.78. The van der Waals surface area contributed by atoms with Gasteiger partial charge in [0.25, 0.3) is 5.91 Å². The minimum atomic E-state index is 0.0888. The Morgan fingerprint density at radius 3 is 2.63 bits per heavy atom. The van der Waals surface area contributed by atoms with E-state index in [1.165, 1.54) is 0 Å². The number of amides is 1. The number of carbonyl (C=O) groups excluding carboxylic acids is 1. The zero-order valence-electron chi connectivity index (χ0n) is 17.4. The average Bonchev–Trinajstić information content (AvgIpc) is 3.36. The smallest absolute Gasteiger partial charge is 0.255 e. The molecule has 6 nitrogen and oxygen atoms in total. The van der Waals surface area contributed by atoms with Crippen molar-refractivity contribution in [3.05, 3.63) is 63.4 Å². The molecule has 0 bridgehead atoms. The first-order valence-corrected chi connectivity index (χ1v) is 11.2. The van der Waals surface area contributed by atoms with E-state index in [1.54, 1.807) is 24.6 Å². The van der Waals surface area contributed by atoms with Gasteiger partial charge in [-0.25, -0.2) is 4.98 Å². The molecule has 8 heteroatoms. The summed E-state index contributed by atoms with van der Waals surface area (Å²) >= 11 is 7.73. The lowest BCUT2D eigenvalue weighted by Gasteiger charge is -2.35. The number of hydrogen-bond donors (Lipinski definition) is 0. The molecular formula is C22H25ClN4O2S. The Hall–Kier alpha value is -2.35. The van der Waals surface area contributed by atoms with Crippen molar-refractivity contribution in [2.45, 2.75) is 20.4 Å². The second-order valence-electron chi connectivity index (χ2n) is 7.46. The van der Waals surface area contributed by atoms with Gasteiger partial charge >= 0.3 is 0 Å². The number of carbonyl (C=O) groups is 1. The van der Waals surface area contributed by atoms with Crippen LogP contribution in [-0.4, -0.2) is 58.5 Å². The van der Waals surface area contributed by atoms with E-state index < -0.39 is 0 Å². The second kappa shape index (κ2) is 8.79. The number of methoxy groups -OCH3 is 1. The molecule has 2 aromatic heterocycles. The van der Waals surface area contributed by atoms with Crippen LogP contribution >= 0.6 is 22.9 Å². The highest BCUT2D eigenvalue weighted by Gasteiger charge is 2.26. The predicted molar refractivity (Wildman–Crippen MR) is 120 cm³/mol. The van der Waals surface area contributed by atoms with E-state index in [0.29, 0.717) is 18.1 Å². The van der Waals surface area contributed by atoms with E-state index in [0.717, 1.165) is 53.0 Å². The molecule has 1 aromatic carbocycles. The molecule has 30 heavy (non-hydrogen) atoms. The summed E-state index contributed by atoms with van der Waals surface area (Å²) in [5.41, 5.74) is 3.79. The number of nitrogens with zero attached hydrogens (tertiary/aromatic N) is 4. The number of aromatic nitrogens is 2. The lowest BCUT2D eigenvalue weighted by atomic mass is 10.1. The van der Waals surface area contributed by atoms with Gasteiger partial charge in [-0.15, -0.1) is 11.3 Å². The molecule has 4 rings (SSSR count). The average molecular weight is 445 g/mol. The third-order valence-corrected chi connectivity index (χ3v) is 6.56. The monoisotopic (exact) mass is 444 g/mol. The van der Waals surface area contributed by atoms with Crippen molar-refractivity contribution in [3.8, 4) is 10.9 Å². The molecule has 1 amide bonds. The number of piperazine rings is 1. The van der Waals surface area contributed by atoms with Crippen molar-refractivity contribution in [2.75, 3.05) is 33.3 Å². The number of benzene rings is 1. The van der Waals surface area contributed by atoms with Gasteiger partial charge in [0, 0.05) is 66.3 Å². The number of hydrogen-bond acceptors (Lipinski definition) is 5. The normalized spacial score (nSPS) is 14.9. The molecular weight excluding hydrogens is 420 g/mol. The minimum absolute atomic E-state index is 0.0888. The highest BCUT2D eigenvalue weighted by atomic mass is 35.5. The van der Waals surface area contributed by atoms with Crippen molar-refractivity contribution in [1.29, 1.82) is 0 Å². The Kier molecular flexibility index (Phi) is 6.13. The van der Waals surface area contributed by atoms with Crippen LogP contribution in [0, 0.1) is 13.8 Å². The second-order valence-corrected chi connectivity index (χ2v) is 8.77. The molecule has 1 saturated heterocycles. The molecule has 3 heterocycles. The fourth-order valence-corrected chi connectivity index (χ4v) is 4.94. The Bertz CT molecular complexity index is 1040. The van der Waals surface area contributed by atoms with E-state index in [9.17, 15) is 4.79 Å². The third kappa shape index (κ3) is 4.10. The molecule has 0 radical (unpaired) electrons. The van der Waals surface area contributed by atoms with Crippen LogP contribution in [0.3, 0.4) is 0 Å². The maximum atomic E-state index is 13.2. The van der Waals surface area contributed by atoms with Crippen LogP contribution in [0.4, 0.5) is 0 Å². The van der Waals surface area contributed by atoms with Crippen molar-refractivity contribution >= 4 is 28.8 Å². The molecule has 0 N–H and O–H groups in total. The SMILES string of the molecule is COc1ccc(Cl)cc1CN1CCN(C(=O)c2cc(C)n(-c3nccs3)c2C)CC1. The van der Waals surface area contributed by atoms with Crippen LogP contribution in [0.1, 0.15) is 27.3 Å². The van der Waals surface area contributed by atoms with Crippen molar-refractivity contribution in [3.63, 3.8) is 0 Å². The van der Waals surface area contributed by atoms with Crippen LogP contribution in [0.2, 0.25) is 5.02 Å². The molecule has 0 spiro atoms. The van der Waals surface area contributed by atoms with Gasteiger partial charge in [0.2, 0.25) is 0 Å². The summed E-state index contributed by atoms with van der Waals surface area (Å²) in [5.74, 6) is 0.929. The molecule has 1 aliphatic rings. The van der Waals surface area contributed by atoms with Gasteiger partial charge in [-0.2, -0.15) is 0 Å². The van der Waals surface area contributed by atoms with Crippen molar-refractivity contribution < 1.29 is 9.53 Å². The maximum Gasteiger partial charge on any atom is 0.255 e. The molecule has 1 fully saturated rings. The number of aryl methyl sites for hydroxylation is 1. The Morgan fingerprint density at radius 1 is 1.20 bits per heavy atom. The molecule has 0 atom stereocenters. The molecule has 158 valence electrons. The quantitative estimate of drug-likeness (QED) is 0.592. The Labute approximate surface area is 185 Å². The van der Waals surface area contributed by atoms with Gasteiger partial charge in [-0.1, -0.05) is 11.6 Å². The van der Waals surface area contributed by atoms with E-state index in [-0.39, 0.29) is 5.91 Å². The van der Waals surface area contributed by atoms with E-state index in [2.05, 4.69) is 14.5 Å². The lowest BCUT2D eigenvalue weighted by molar-refractivity contribution is 0.0626. The Balaban J connectivity index is 1.43. The molecule has 0 saturated carbocycles. The van der Waals surface area contributed by atoms with Crippen LogP contribution in [0.15, 0.2) is 35.8 Å². The van der Waals surface area contributed by atoms with Crippen molar-refractivity contribution in [2.24, 2.45) is 0 Å². The van der Waals surface area contributed by atoms with Crippen LogP contribution in [0.25, 0.3) is 5.13 Å². The van der Waals surface area contributed by atoms with Gasteiger partial charge in [0.05, 0.1) is 12.7 Å². The molecule has 0 unspecified atom stereocenters. The van der Waals surface area contributed by atoms with E-state index >= 15 is 0 Å². The highest BCUT2D eigenvalue weighted by Crippen LogP contribution is 2.26. The van der Waals surface area contributed by atoms with Gasteiger partial charge in [0.1, 0.15) is 5.75 Å². The predicted octanol–water partition coefficient (Wildman–Crippen LogP) is 4.17. The summed E-state index contributed by atoms with van der Waals surface area (Å²) in [7, 11) is 1.67. The van der Waals surface area contributed by atoms with Gasteiger partial charge in [-0.3, -0.25) is 14.3 Å². The fraction of sp³-hybridized carbons (Fsp3) is 0.364. The summed E-state index contributed by atoms with van der Waals surface area (Å²) in [5, 5.41) is 3.55. The lowest BCUT2D eigenvalue weighted by Crippen LogP contribution is -2.48. The third-order valence-electron chi connectivity index (χ3n) is 5.57. The number of ether oxygens (including phenoxy) is 1. The first-order valence-electron chi connectivity index (χ1n) is 9.90. The summed E-state index contributed by atoms with van der Waals surface area (Å²) in [6, 6.07) is 7.66. The first kappa shape index (κ1) is 20.9. The summed E-state index contributed by atoms with van der Waals surface area (Å²) in [6.07, 6.45) is 1.79. The zero-order valence-corrected chi connectivity index (χ0v) is 19.0. The van der Waals surface area contributed by atoms with Crippen molar-refractivity contribution in [1.82, 2.24) is 19.4 Å². The Morgan fingerprint density at radius 2 is 1.97 bits per heavy atom. The summed E-state index contributed by atoms with van der Waals surface area (Å²) in [4.78, 5) is 21.9. The molecule has 3 aromatic rings. The number of halogens is 1. The highest BCUT2D eigenvalue weighted by molar-refractivity contribution is 7.12. The van der Waals surface area contributed by atoms with Crippen LogP contribution in [0.5, 0.6) is 5.75 Å². The molecule has 1 aliphatic heterocycles. The number of rotatable bonds is 5. The van der Waals surface area contributed by atoms with E-state index in [1.807, 2.05) is 48.4 Å². The van der Waals surface area contributed by atoms with E-state index in [4.69, 9.17) is 16.3 Å². The van der Waals surface area contributed by atoms with Gasteiger partial charge in [-0.05, 0) is 38.1 Å². The first-order chi connectivity index (χ1) is 14.5. The zero-order chi connectivity index (χ0) is 21.3. The fourth-order valence-electron chi connectivity index (χ4n) is 3.99. The topological polar surface area (TPSA) is 50.6 Å². The largest absolute Gasteiger partial charge is 0.496 e. The van der Waals surface area contributed by atoms with Gasteiger partial charge < -0.3 is 9.64 Å².